The maximum absolute atomic E-state index is 12.2. The number of hydrogen-bond acceptors (Lipinski definition) is 3. The number of rotatable bonds is 4. The first-order valence-corrected chi connectivity index (χ1v) is 5.92. The molecule has 2 N–H and O–H groups in total. The van der Waals surface area contributed by atoms with E-state index in [2.05, 4.69) is 32.7 Å². The van der Waals surface area contributed by atoms with Gasteiger partial charge >= 0.3 is 0 Å². The summed E-state index contributed by atoms with van der Waals surface area (Å²) in [5.74, 6) is 1.27. The molecule has 0 saturated heterocycles. The summed E-state index contributed by atoms with van der Waals surface area (Å²) in [6, 6.07) is 0. The van der Waals surface area contributed by atoms with Gasteiger partial charge in [-0.15, -0.1) is 0 Å². The molecule has 1 heterocycles. The van der Waals surface area contributed by atoms with Gasteiger partial charge in [-0.1, -0.05) is 27.7 Å². The maximum Gasteiger partial charge on any atom is 0.257 e. The number of nitrogens with two attached hydrogens (primary N) is 1. The lowest BCUT2D eigenvalue weighted by atomic mass is 9.82. The van der Waals surface area contributed by atoms with E-state index < -0.39 is 5.54 Å². The molecule has 4 heteroatoms. The standard InChI is InChI=1S/C12H23N3O/c1-8(2)6-12(7-9(3)4)10(16)15(5)11(13)14-12/h8-9H,6-7H2,1-5H3,(H2,13,14). The van der Waals surface area contributed by atoms with Crippen LogP contribution in [0.5, 0.6) is 0 Å². The molecule has 0 fully saturated rings. The molecule has 0 atom stereocenters. The Kier molecular flexibility index (Phi) is 3.61. The molecule has 1 amide bonds. The molecule has 0 aromatic heterocycles. The molecule has 92 valence electrons. The predicted octanol–water partition coefficient (Wildman–Crippen LogP) is 1.60. The van der Waals surface area contributed by atoms with Gasteiger partial charge in [-0.25, -0.2) is 4.99 Å². The number of guanidine groups is 1. The van der Waals surface area contributed by atoms with E-state index in [0.29, 0.717) is 17.8 Å². The number of carbonyl (C=O) groups is 1. The summed E-state index contributed by atoms with van der Waals surface area (Å²) in [6.45, 7) is 8.44. The Morgan fingerprint density at radius 1 is 1.25 bits per heavy atom. The summed E-state index contributed by atoms with van der Waals surface area (Å²) < 4.78 is 0. The number of carbonyl (C=O) groups excluding carboxylic acids is 1. The third-order valence-electron chi connectivity index (χ3n) is 2.87. The van der Waals surface area contributed by atoms with Crippen molar-refractivity contribution in [2.75, 3.05) is 7.05 Å². The zero-order valence-electron chi connectivity index (χ0n) is 10.9. The Morgan fingerprint density at radius 2 is 1.69 bits per heavy atom. The first-order valence-electron chi connectivity index (χ1n) is 5.92. The number of amides is 1. The van der Waals surface area contributed by atoms with Crippen LogP contribution in [-0.4, -0.2) is 29.4 Å². The van der Waals surface area contributed by atoms with Crippen LogP contribution in [0.4, 0.5) is 0 Å². The highest BCUT2D eigenvalue weighted by Crippen LogP contribution is 2.34. The lowest BCUT2D eigenvalue weighted by Crippen LogP contribution is -2.43. The van der Waals surface area contributed by atoms with Crippen molar-refractivity contribution in [3.63, 3.8) is 0 Å². The predicted molar refractivity (Wildman–Crippen MR) is 66.0 cm³/mol. The second-order valence-corrected chi connectivity index (χ2v) is 5.56. The summed E-state index contributed by atoms with van der Waals surface area (Å²) in [5.41, 5.74) is 5.14. The Labute approximate surface area is 97.9 Å². The number of hydrogen-bond donors (Lipinski definition) is 1. The molecular formula is C12H23N3O. The molecule has 4 nitrogen and oxygen atoms in total. The third kappa shape index (κ3) is 2.36. The number of nitrogens with zero attached hydrogens (tertiary/aromatic N) is 2. The Morgan fingerprint density at radius 3 is 1.94 bits per heavy atom. The summed E-state index contributed by atoms with van der Waals surface area (Å²) in [5, 5.41) is 0. The summed E-state index contributed by atoms with van der Waals surface area (Å²) >= 11 is 0. The molecule has 0 bridgehead atoms. The third-order valence-corrected chi connectivity index (χ3v) is 2.87. The first kappa shape index (κ1) is 13.0. The van der Waals surface area contributed by atoms with Crippen LogP contribution < -0.4 is 5.73 Å². The van der Waals surface area contributed by atoms with Crippen LogP contribution in [0.1, 0.15) is 40.5 Å². The fraction of sp³-hybridized carbons (Fsp3) is 0.833. The number of aliphatic imine (C=N–C) groups is 1. The first-order chi connectivity index (χ1) is 7.28. The SMILES string of the molecule is CC(C)CC1(CC(C)C)N=C(N)N(C)C1=O. The smallest absolute Gasteiger partial charge is 0.257 e. The van der Waals surface area contributed by atoms with Gasteiger partial charge in [0.1, 0.15) is 5.54 Å². The van der Waals surface area contributed by atoms with Crippen molar-refractivity contribution in [1.82, 2.24) is 4.90 Å². The summed E-state index contributed by atoms with van der Waals surface area (Å²) in [6.07, 6.45) is 1.55. The van der Waals surface area contributed by atoms with E-state index in [1.807, 2.05) is 0 Å². The lowest BCUT2D eigenvalue weighted by Gasteiger charge is -2.28. The maximum atomic E-state index is 12.2. The minimum atomic E-state index is -0.610. The van der Waals surface area contributed by atoms with Gasteiger partial charge in [-0.2, -0.15) is 0 Å². The molecule has 1 aliphatic rings. The van der Waals surface area contributed by atoms with Crippen LogP contribution >= 0.6 is 0 Å². The highest BCUT2D eigenvalue weighted by atomic mass is 16.2. The van der Waals surface area contributed by atoms with E-state index in [9.17, 15) is 4.79 Å². The van der Waals surface area contributed by atoms with Gasteiger partial charge in [0.05, 0.1) is 0 Å². The van der Waals surface area contributed by atoms with Gasteiger partial charge in [-0.3, -0.25) is 9.69 Å². The second-order valence-electron chi connectivity index (χ2n) is 5.56. The number of likely N-dealkylation sites (N-methyl/N-ethyl adjacent to an activating group) is 1. The lowest BCUT2D eigenvalue weighted by molar-refractivity contribution is -0.131. The van der Waals surface area contributed by atoms with Crippen molar-refractivity contribution in [2.24, 2.45) is 22.6 Å². The quantitative estimate of drug-likeness (QED) is 0.790. The Bertz CT molecular complexity index is 297. The molecule has 0 spiro atoms. The zero-order chi connectivity index (χ0) is 12.5. The minimum absolute atomic E-state index is 0.0485. The molecule has 0 aromatic rings. The van der Waals surface area contributed by atoms with E-state index in [1.165, 1.54) is 4.90 Å². The van der Waals surface area contributed by atoms with Gasteiger partial charge in [0, 0.05) is 7.05 Å². The highest BCUT2D eigenvalue weighted by molar-refractivity contribution is 6.06. The summed E-state index contributed by atoms with van der Waals surface area (Å²) in [4.78, 5) is 18.2. The van der Waals surface area contributed by atoms with Crippen LogP contribution in [0, 0.1) is 11.8 Å². The fourth-order valence-electron chi connectivity index (χ4n) is 2.46. The normalized spacial score (nSPS) is 19.8. The van der Waals surface area contributed by atoms with Crippen LogP contribution in [0.25, 0.3) is 0 Å². The van der Waals surface area contributed by atoms with Crippen LogP contribution in [0.15, 0.2) is 4.99 Å². The Balaban J connectivity index is 3.01. The van der Waals surface area contributed by atoms with Crippen molar-refractivity contribution in [1.29, 1.82) is 0 Å². The summed E-state index contributed by atoms with van der Waals surface area (Å²) in [7, 11) is 1.70. The van der Waals surface area contributed by atoms with Gasteiger partial charge in [0.2, 0.25) is 0 Å². The van der Waals surface area contributed by atoms with E-state index >= 15 is 0 Å². The van der Waals surface area contributed by atoms with Crippen LogP contribution in [0.3, 0.4) is 0 Å². The Hall–Kier alpha value is -1.06. The van der Waals surface area contributed by atoms with Gasteiger partial charge < -0.3 is 5.73 Å². The molecule has 0 radical (unpaired) electrons. The second kappa shape index (κ2) is 4.44. The monoisotopic (exact) mass is 225 g/mol. The van der Waals surface area contributed by atoms with E-state index in [-0.39, 0.29) is 5.91 Å². The molecule has 0 aliphatic carbocycles. The zero-order valence-corrected chi connectivity index (χ0v) is 10.9. The topological polar surface area (TPSA) is 58.7 Å². The minimum Gasteiger partial charge on any atom is -0.369 e. The molecule has 1 aliphatic heterocycles. The largest absolute Gasteiger partial charge is 0.369 e. The van der Waals surface area contributed by atoms with Crippen molar-refractivity contribution < 1.29 is 4.79 Å². The average molecular weight is 225 g/mol. The van der Waals surface area contributed by atoms with E-state index in [4.69, 9.17) is 5.73 Å². The van der Waals surface area contributed by atoms with Gasteiger partial charge in [0.15, 0.2) is 5.96 Å². The molecule has 16 heavy (non-hydrogen) atoms. The van der Waals surface area contributed by atoms with Crippen molar-refractivity contribution in [3.05, 3.63) is 0 Å². The van der Waals surface area contributed by atoms with E-state index in [1.54, 1.807) is 7.05 Å². The fourth-order valence-corrected chi connectivity index (χ4v) is 2.46. The van der Waals surface area contributed by atoms with Crippen LogP contribution in [0.2, 0.25) is 0 Å². The average Bonchev–Trinajstić information content (AvgIpc) is 2.29. The van der Waals surface area contributed by atoms with E-state index in [0.717, 1.165) is 12.8 Å². The van der Waals surface area contributed by atoms with Gasteiger partial charge in [-0.05, 0) is 24.7 Å². The molecular weight excluding hydrogens is 202 g/mol. The van der Waals surface area contributed by atoms with Crippen molar-refractivity contribution in [2.45, 2.75) is 46.1 Å². The van der Waals surface area contributed by atoms with Gasteiger partial charge in [0.25, 0.3) is 5.91 Å². The highest BCUT2D eigenvalue weighted by Gasteiger charge is 2.46. The molecule has 0 aromatic carbocycles. The molecule has 0 unspecified atom stereocenters. The van der Waals surface area contributed by atoms with Crippen molar-refractivity contribution >= 4 is 11.9 Å². The van der Waals surface area contributed by atoms with Crippen molar-refractivity contribution in [3.8, 4) is 0 Å². The molecule has 0 saturated carbocycles. The van der Waals surface area contributed by atoms with Crippen LogP contribution in [-0.2, 0) is 4.79 Å². The molecule has 1 rings (SSSR count).